The summed E-state index contributed by atoms with van der Waals surface area (Å²) in [6.45, 7) is 4.59. The number of benzene rings is 1. The van der Waals surface area contributed by atoms with E-state index in [2.05, 4.69) is 5.32 Å². The molecule has 0 heterocycles. The minimum atomic E-state index is -0.346. The second-order valence-corrected chi connectivity index (χ2v) is 4.59. The first-order valence-electron chi connectivity index (χ1n) is 5.76. The summed E-state index contributed by atoms with van der Waals surface area (Å²) < 4.78 is 12.7. The number of carbonyl (C=O) groups is 1. The van der Waals surface area contributed by atoms with Crippen molar-refractivity contribution in [3.8, 4) is 0 Å². The summed E-state index contributed by atoms with van der Waals surface area (Å²) in [7, 11) is 0. The first-order valence-corrected chi connectivity index (χ1v) is 5.76. The van der Waals surface area contributed by atoms with E-state index >= 15 is 0 Å². The molecule has 0 saturated carbocycles. The topological polar surface area (TPSA) is 55.1 Å². The Morgan fingerprint density at radius 1 is 1.35 bits per heavy atom. The number of primary amides is 1. The van der Waals surface area contributed by atoms with Gasteiger partial charge < -0.3 is 11.1 Å². The van der Waals surface area contributed by atoms with Gasteiger partial charge in [0.25, 0.3) is 0 Å². The zero-order chi connectivity index (χ0) is 12.8. The van der Waals surface area contributed by atoms with Gasteiger partial charge in [-0.05, 0) is 30.0 Å². The molecule has 0 bridgehead atoms. The molecule has 1 unspecified atom stereocenters. The Hall–Kier alpha value is -1.42. The molecule has 0 aromatic heterocycles. The molecule has 0 aliphatic carbocycles. The second-order valence-electron chi connectivity index (χ2n) is 4.59. The highest BCUT2D eigenvalue weighted by Crippen LogP contribution is 2.07. The van der Waals surface area contributed by atoms with Crippen LogP contribution >= 0.6 is 0 Å². The van der Waals surface area contributed by atoms with Crippen LogP contribution in [0, 0.1) is 11.7 Å². The number of halogens is 1. The van der Waals surface area contributed by atoms with Crippen LogP contribution in [0.25, 0.3) is 0 Å². The lowest BCUT2D eigenvalue weighted by Crippen LogP contribution is -2.41. The predicted octanol–water partition coefficient (Wildman–Crippen LogP) is 1.82. The Bertz CT molecular complexity index is 362. The summed E-state index contributed by atoms with van der Waals surface area (Å²) in [4.78, 5) is 11.2. The van der Waals surface area contributed by atoms with Crippen molar-refractivity contribution in [2.45, 2.75) is 32.9 Å². The van der Waals surface area contributed by atoms with Gasteiger partial charge in [-0.25, -0.2) is 4.39 Å². The number of hydrogen-bond donors (Lipinski definition) is 2. The van der Waals surface area contributed by atoms with E-state index in [1.807, 2.05) is 13.8 Å². The molecule has 0 aliphatic rings. The minimum absolute atomic E-state index is 0.262. The SMILES string of the molecule is CC(C)CC(NCc1ccc(F)cc1)C(N)=O. The van der Waals surface area contributed by atoms with Crippen LogP contribution in [0.15, 0.2) is 24.3 Å². The van der Waals surface area contributed by atoms with Gasteiger partial charge in [0.1, 0.15) is 5.82 Å². The van der Waals surface area contributed by atoms with Gasteiger partial charge in [0, 0.05) is 6.54 Å². The fourth-order valence-corrected chi connectivity index (χ4v) is 1.61. The van der Waals surface area contributed by atoms with E-state index in [1.54, 1.807) is 12.1 Å². The highest BCUT2D eigenvalue weighted by Gasteiger charge is 2.15. The largest absolute Gasteiger partial charge is 0.368 e. The predicted molar refractivity (Wildman–Crippen MR) is 65.7 cm³/mol. The van der Waals surface area contributed by atoms with Crippen molar-refractivity contribution in [1.29, 1.82) is 0 Å². The molecule has 4 heteroatoms. The van der Waals surface area contributed by atoms with E-state index in [0.717, 1.165) is 5.56 Å². The number of rotatable bonds is 6. The van der Waals surface area contributed by atoms with Gasteiger partial charge in [-0.3, -0.25) is 4.79 Å². The molecule has 17 heavy (non-hydrogen) atoms. The summed E-state index contributed by atoms with van der Waals surface area (Å²) >= 11 is 0. The standard InChI is InChI=1S/C13H19FN2O/c1-9(2)7-12(13(15)17)16-8-10-3-5-11(14)6-4-10/h3-6,9,12,16H,7-8H2,1-2H3,(H2,15,17). The maximum atomic E-state index is 12.7. The molecule has 0 radical (unpaired) electrons. The van der Waals surface area contributed by atoms with Crippen molar-refractivity contribution in [1.82, 2.24) is 5.32 Å². The van der Waals surface area contributed by atoms with Crippen LogP contribution in [-0.4, -0.2) is 11.9 Å². The molecule has 3 N–H and O–H groups in total. The summed E-state index contributed by atoms with van der Waals surface area (Å²) in [5.41, 5.74) is 6.24. The zero-order valence-corrected chi connectivity index (χ0v) is 10.2. The number of nitrogens with two attached hydrogens (primary N) is 1. The van der Waals surface area contributed by atoms with E-state index in [1.165, 1.54) is 12.1 Å². The highest BCUT2D eigenvalue weighted by atomic mass is 19.1. The van der Waals surface area contributed by atoms with E-state index in [-0.39, 0.29) is 17.8 Å². The third-order valence-corrected chi connectivity index (χ3v) is 2.52. The maximum absolute atomic E-state index is 12.7. The molecule has 0 spiro atoms. The van der Waals surface area contributed by atoms with Crippen LogP contribution in [0.2, 0.25) is 0 Å². The summed E-state index contributed by atoms with van der Waals surface area (Å²) in [6, 6.07) is 5.85. The quantitative estimate of drug-likeness (QED) is 0.794. The molecular weight excluding hydrogens is 219 g/mol. The van der Waals surface area contributed by atoms with E-state index in [9.17, 15) is 9.18 Å². The molecular formula is C13H19FN2O. The van der Waals surface area contributed by atoms with E-state index in [4.69, 9.17) is 5.73 Å². The minimum Gasteiger partial charge on any atom is -0.368 e. The Morgan fingerprint density at radius 2 is 1.94 bits per heavy atom. The third-order valence-electron chi connectivity index (χ3n) is 2.52. The molecule has 1 atom stereocenters. The van der Waals surface area contributed by atoms with E-state index < -0.39 is 0 Å². The lowest BCUT2D eigenvalue weighted by atomic mass is 10.0. The molecule has 0 saturated heterocycles. The molecule has 1 rings (SSSR count). The highest BCUT2D eigenvalue weighted by molar-refractivity contribution is 5.79. The Morgan fingerprint density at radius 3 is 2.41 bits per heavy atom. The van der Waals surface area contributed by atoms with Crippen molar-refractivity contribution in [2.24, 2.45) is 11.7 Å². The van der Waals surface area contributed by atoms with Crippen molar-refractivity contribution in [3.63, 3.8) is 0 Å². The van der Waals surface area contributed by atoms with Crippen LogP contribution in [0.3, 0.4) is 0 Å². The average Bonchev–Trinajstić information content (AvgIpc) is 2.25. The van der Waals surface area contributed by atoms with Crippen molar-refractivity contribution in [2.75, 3.05) is 0 Å². The third kappa shape index (κ3) is 4.95. The van der Waals surface area contributed by atoms with Crippen molar-refractivity contribution < 1.29 is 9.18 Å². The lowest BCUT2D eigenvalue weighted by molar-refractivity contribution is -0.120. The second kappa shape index (κ2) is 6.35. The van der Waals surface area contributed by atoms with E-state index in [0.29, 0.717) is 18.9 Å². The molecule has 94 valence electrons. The number of carbonyl (C=O) groups excluding carboxylic acids is 1. The van der Waals surface area contributed by atoms with Gasteiger partial charge in [0.15, 0.2) is 0 Å². The summed E-state index contributed by atoms with van der Waals surface area (Å²) in [5.74, 6) is -0.212. The van der Waals surface area contributed by atoms with Crippen LogP contribution < -0.4 is 11.1 Å². The summed E-state index contributed by atoms with van der Waals surface area (Å²) in [6.07, 6.45) is 0.705. The Labute approximate surface area is 101 Å². The molecule has 0 fully saturated rings. The molecule has 0 aliphatic heterocycles. The monoisotopic (exact) mass is 238 g/mol. The van der Waals surface area contributed by atoms with Crippen LogP contribution in [0.1, 0.15) is 25.8 Å². The van der Waals surface area contributed by atoms with Crippen molar-refractivity contribution in [3.05, 3.63) is 35.6 Å². The number of nitrogens with one attached hydrogen (secondary N) is 1. The Kier molecular flexibility index (Phi) is 5.10. The Balaban J connectivity index is 2.51. The number of hydrogen-bond acceptors (Lipinski definition) is 2. The lowest BCUT2D eigenvalue weighted by Gasteiger charge is -2.17. The normalized spacial score (nSPS) is 12.7. The summed E-state index contributed by atoms with van der Waals surface area (Å²) in [5, 5.41) is 3.09. The van der Waals surface area contributed by atoms with Gasteiger partial charge in [0.2, 0.25) is 5.91 Å². The van der Waals surface area contributed by atoms with Crippen LogP contribution in [-0.2, 0) is 11.3 Å². The van der Waals surface area contributed by atoms with Gasteiger partial charge >= 0.3 is 0 Å². The van der Waals surface area contributed by atoms with Gasteiger partial charge in [-0.15, -0.1) is 0 Å². The van der Waals surface area contributed by atoms with Crippen LogP contribution in [0.5, 0.6) is 0 Å². The van der Waals surface area contributed by atoms with Crippen LogP contribution in [0.4, 0.5) is 4.39 Å². The van der Waals surface area contributed by atoms with Gasteiger partial charge in [-0.2, -0.15) is 0 Å². The molecule has 1 aromatic carbocycles. The number of amides is 1. The van der Waals surface area contributed by atoms with Crippen molar-refractivity contribution >= 4 is 5.91 Å². The average molecular weight is 238 g/mol. The molecule has 1 aromatic rings. The fourth-order valence-electron chi connectivity index (χ4n) is 1.61. The molecule has 3 nitrogen and oxygen atoms in total. The van der Waals surface area contributed by atoms with Gasteiger partial charge in [0.05, 0.1) is 6.04 Å². The molecule has 1 amide bonds. The first kappa shape index (κ1) is 13.6. The smallest absolute Gasteiger partial charge is 0.234 e. The fraction of sp³-hybridized carbons (Fsp3) is 0.462. The van der Waals surface area contributed by atoms with Gasteiger partial charge in [-0.1, -0.05) is 26.0 Å². The zero-order valence-electron chi connectivity index (χ0n) is 10.2. The first-order chi connectivity index (χ1) is 7.99. The maximum Gasteiger partial charge on any atom is 0.234 e.